The second kappa shape index (κ2) is 5.56. The van der Waals surface area contributed by atoms with Crippen molar-refractivity contribution >= 4 is 41.8 Å². The van der Waals surface area contributed by atoms with Crippen LogP contribution < -0.4 is 10.1 Å². The van der Waals surface area contributed by atoms with Gasteiger partial charge in [0.05, 0.1) is 6.54 Å². The van der Waals surface area contributed by atoms with Crippen LogP contribution in [-0.4, -0.2) is 33.8 Å². The fourth-order valence-corrected chi connectivity index (χ4v) is 3.01. The maximum absolute atomic E-state index is 11.4. The number of hydrogen-bond acceptors (Lipinski definition) is 5. The van der Waals surface area contributed by atoms with Gasteiger partial charge in [0.25, 0.3) is 9.05 Å². The molecule has 6 nitrogen and oxygen atoms in total. The molecule has 0 aliphatic carbocycles. The Kier molecular flexibility index (Phi) is 4.22. The lowest BCUT2D eigenvalue weighted by Crippen LogP contribution is -2.22. The van der Waals surface area contributed by atoms with Crippen molar-refractivity contribution in [3.8, 4) is 5.75 Å². The van der Waals surface area contributed by atoms with Crippen molar-refractivity contribution in [3.05, 3.63) is 22.7 Å². The molecule has 1 atom stereocenters. The third kappa shape index (κ3) is 3.74. The summed E-state index contributed by atoms with van der Waals surface area (Å²) in [5, 5.41) is 2.47. The van der Waals surface area contributed by atoms with Gasteiger partial charge in [0, 0.05) is 15.2 Å². The Morgan fingerprint density at radius 3 is 2.84 bits per heavy atom. The number of benzene rings is 1. The van der Waals surface area contributed by atoms with Crippen LogP contribution in [0.2, 0.25) is 0 Å². The molecule has 1 saturated heterocycles. The molecule has 0 aromatic heterocycles. The van der Waals surface area contributed by atoms with Crippen molar-refractivity contribution in [2.24, 2.45) is 0 Å². The van der Waals surface area contributed by atoms with E-state index < -0.39 is 21.2 Å². The first-order chi connectivity index (χ1) is 8.86. The molecule has 0 radical (unpaired) electrons. The van der Waals surface area contributed by atoms with Crippen molar-refractivity contribution in [1.29, 1.82) is 0 Å². The number of cyclic esters (lactones) is 1. The molecule has 1 aromatic rings. The lowest BCUT2D eigenvalue weighted by atomic mass is 10.3. The van der Waals surface area contributed by atoms with E-state index in [1.807, 2.05) is 0 Å². The monoisotopic (exact) mass is 369 g/mol. The highest BCUT2D eigenvalue weighted by Crippen LogP contribution is 2.30. The van der Waals surface area contributed by atoms with Crippen LogP contribution in [0.15, 0.2) is 27.6 Å². The number of ether oxygens (including phenoxy) is 2. The van der Waals surface area contributed by atoms with Crippen molar-refractivity contribution in [3.63, 3.8) is 0 Å². The Hall–Kier alpha value is -0.990. The summed E-state index contributed by atoms with van der Waals surface area (Å²) in [6.45, 7) is 0.359. The average Bonchev–Trinajstić information content (AvgIpc) is 2.72. The molecule has 1 N–H and O–H groups in total. The largest absolute Gasteiger partial charge is 0.488 e. The Bertz CT molecular complexity index is 606. The molecule has 1 aromatic carbocycles. The molecular formula is C10H9BrClNO5S. The summed E-state index contributed by atoms with van der Waals surface area (Å²) in [6.07, 6.45) is -0.975. The zero-order chi connectivity index (χ0) is 14.0. The fraction of sp³-hybridized carbons (Fsp3) is 0.300. The number of amides is 1. The molecular weight excluding hydrogens is 362 g/mol. The van der Waals surface area contributed by atoms with E-state index in [1.165, 1.54) is 12.1 Å². The van der Waals surface area contributed by atoms with Gasteiger partial charge in [0.2, 0.25) is 0 Å². The molecule has 0 saturated carbocycles. The predicted octanol–water partition coefficient (Wildman–Crippen LogP) is 1.86. The second-order valence-corrected chi connectivity index (χ2v) is 7.20. The summed E-state index contributed by atoms with van der Waals surface area (Å²) in [5.74, 6) is 0.112. The third-order valence-corrected chi connectivity index (χ3v) is 4.18. The van der Waals surface area contributed by atoms with E-state index in [9.17, 15) is 13.2 Å². The van der Waals surface area contributed by atoms with E-state index in [2.05, 4.69) is 21.2 Å². The summed E-state index contributed by atoms with van der Waals surface area (Å²) in [6, 6.07) is 4.44. The van der Waals surface area contributed by atoms with E-state index in [-0.39, 0.29) is 17.3 Å². The lowest BCUT2D eigenvalue weighted by molar-refractivity contribution is 0.104. The van der Waals surface area contributed by atoms with Crippen LogP contribution in [0.4, 0.5) is 4.79 Å². The Labute approximate surface area is 122 Å². The van der Waals surface area contributed by atoms with Gasteiger partial charge >= 0.3 is 6.09 Å². The molecule has 2 rings (SSSR count). The molecule has 19 heavy (non-hydrogen) atoms. The zero-order valence-electron chi connectivity index (χ0n) is 9.43. The molecule has 1 aliphatic rings. The van der Waals surface area contributed by atoms with Crippen LogP contribution in [0.5, 0.6) is 5.75 Å². The second-order valence-electron chi connectivity index (χ2n) is 3.75. The number of carbonyl (C=O) groups excluding carboxylic acids is 1. The van der Waals surface area contributed by atoms with Crippen LogP contribution in [0.25, 0.3) is 0 Å². The van der Waals surface area contributed by atoms with Crippen LogP contribution in [-0.2, 0) is 13.8 Å². The van der Waals surface area contributed by atoms with Crippen LogP contribution in [0.3, 0.4) is 0 Å². The molecule has 1 unspecified atom stereocenters. The third-order valence-electron chi connectivity index (χ3n) is 2.34. The average molecular weight is 371 g/mol. The molecule has 104 valence electrons. The Balaban J connectivity index is 2.14. The fourth-order valence-electron chi connectivity index (χ4n) is 1.50. The molecule has 0 bridgehead atoms. The van der Waals surface area contributed by atoms with Gasteiger partial charge in [0.1, 0.15) is 17.3 Å². The minimum Gasteiger partial charge on any atom is -0.488 e. The van der Waals surface area contributed by atoms with Crippen molar-refractivity contribution in [1.82, 2.24) is 5.32 Å². The molecule has 0 spiro atoms. The Morgan fingerprint density at radius 2 is 2.26 bits per heavy atom. The maximum atomic E-state index is 11.4. The number of alkyl carbamates (subject to hydrolysis) is 1. The molecule has 9 heteroatoms. The van der Waals surface area contributed by atoms with Crippen LogP contribution in [0.1, 0.15) is 0 Å². The van der Waals surface area contributed by atoms with Gasteiger partial charge in [0.15, 0.2) is 6.10 Å². The predicted molar refractivity (Wildman–Crippen MR) is 70.9 cm³/mol. The van der Waals surface area contributed by atoms with E-state index in [0.717, 1.165) is 0 Å². The van der Waals surface area contributed by atoms with Crippen molar-refractivity contribution in [2.75, 3.05) is 13.2 Å². The molecule has 1 fully saturated rings. The number of hydrogen-bond donors (Lipinski definition) is 1. The standard InChI is InChI=1S/C10H9BrClNO5S/c11-6-1-2-8(9(3-6)19(12,15)16)17-5-7-4-13-10(14)18-7/h1-3,7H,4-5H2,(H,13,14). The first-order valence-corrected chi connectivity index (χ1v) is 8.28. The number of rotatable bonds is 4. The highest BCUT2D eigenvalue weighted by atomic mass is 79.9. The molecule has 1 heterocycles. The highest BCUT2D eigenvalue weighted by Gasteiger charge is 2.24. The SMILES string of the molecule is O=C1NCC(COc2ccc(Br)cc2S(=O)(=O)Cl)O1. The normalized spacial score (nSPS) is 18.8. The number of halogens is 2. The van der Waals surface area contributed by atoms with Crippen LogP contribution >= 0.6 is 26.6 Å². The number of carbonyl (C=O) groups is 1. The van der Waals surface area contributed by atoms with Crippen LogP contribution in [0, 0.1) is 0 Å². The summed E-state index contributed by atoms with van der Waals surface area (Å²) >= 11 is 3.16. The summed E-state index contributed by atoms with van der Waals surface area (Å²) < 4.78 is 33.6. The highest BCUT2D eigenvalue weighted by molar-refractivity contribution is 9.10. The molecule has 1 aliphatic heterocycles. The minimum absolute atomic E-state index is 0.0414. The van der Waals surface area contributed by atoms with Gasteiger partial charge in [-0.15, -0.1) is 0 Å². The quantitative estimate of drug-likeness (QED) is 0.818. The first kappa shape index (κ1) is 14.4. The zero-order valence-corrected chi connectivity index (χ0v) is 12.6. The van der Waals surface area contributed by atoms with E-state index >= 15 is 0 Å². The van der Waals surface area contributed by atoms with Crippen molar-refractivity contribution < 1.29 is 22.7 Å². The minimum atomic E-state index is -3.92. The summed E-state index contributed by atoms with van der Waals surface area (Å²) in [4.78, 5) is 10.7. The first-order valence-electron chi connectivity index (χ1n) is 5.18. The van der Waals surface area contributed by atoms with E-state index in [1.54, 1.807) is 6.07 Å². The molecule has 1 amide bonds. The maximum Gasteiger partial charge on any atom is 0.407 e. The lowest BCUT2D eigenvalue weighted by Gasteiger charge is -2.12. The van der Waals surface area contributed by atoms with Crippen molar-refractivity contribution in [2.45, 2.75) is 11.0 Å². The Morgan fingerprint density at radius 1 is 1.53 bits per heavy atom. The van der Waals surface area contributed by atoms with Gasteiger partial charge in [-0.05, 0) is 18.2 Å². The van der Waals surface area contributed by atoms with E-state index in [4.69, 9.17) is 20.2 Å². The van der Waals surface area contributed by atoms with Gasteiger partial charge in [-0.3, -0.25) is 0 Å². The van der Waals surface area contributed by atoms with Gasteiger partial charge in [-0.1, -0.05) is 15.9 Å². The topological polar surface area (TPSA) is 81.7 Å². The van der Waals surface area contributed by atoms with Gasteiger partial charge < -0.3 is 14.8 Å². The van der Waals surface area contributed by atoms with Gasteiger partial charge in [-0.25, -0.2) is 13.2 Å². The van der Waals surface area contributed by atoms with E-state index in [0.29, 0.717) is 11.0 Å². The number of nitrogens with one attached hydrogen (secondary N) is 1. The summed E-state index contributed by atoms with van der Waals surface area (Å²) in [5.41, 5.74) is 0. The van der Waals surface area contributed by atoms with Gasteiger partial charge in [-0.2, -0.15) is 0 Å². The smallest absolute Gasteiger partial charge is 0.407 e. The summed E-state index contributed by atoms with van der Waals surface area (Å²) in [7, 11) is 1.41.